The van der Waals surface area contributed by atoms with Crippen molar-refractivity contribution in [2.75, 3.05) is 34.2 Å². The molecular formula is C9H18N4O. The predicted octanol–water partition coefficient (Wildman–Crippen LogP) is -0.834. The first-order valence-electron chi connectivity index (χ1n) is 4.58. The van der Waals surface area contributed by atoms with Crippen molar-refractivity contribution in [2.24, 2.45) is 0 Å². The summed E-state index contributed by atoms with van der Waals surface area (Å²) >= 11 is 0. The first-order chi connectivity index (χ1) is 6.60. The molecular weight excluding hydrogens is 180 g/mol. The van der Waals surface area contributed by atoms with E-state index < -0.39 is 6.04 Å². The molecule has 0 aliphatic rings. The highest BCUT2D eigenvalue weighted by atomic mass is 16.1. The lowest BCUT2D eigenvalue weighted by Gasteiger charge is -2.13. The van der Waals surface area contributed by atoms with Gasteiger partial charge in [0.25, 0.3) is 0 Å². The van der Waals surface area contributed by atoms with Gasteiger partial charge in [0.05, 0.1) is 12.5 Å². The van der Waals surface area contributed by atoms with Crippen molar-refractivity contribution >= 4 is 5.91 Å². The Labute approximate surface area is 85.1 Å². The van der Waals surface area contributed by atoms with Crippen molar-refractivity contribution in [3.8, 4) is 6.07 Å². The number of carbonyl (C=O) groups is 1. The van der Waals surface area contributed by atoms with Gasteiger partial charge in [-0.15, -0.1) is 0 Å². The molecule has 5 nitrogen and oxygen atoms in total. The van der Waals surface area contributed by atoms with E-state index in [4.69, 9.17) is 5.26 Å². The van der Waals surface area contributed by atoms with Crippen molar-refractivity contribution in [2.45, 2.75) is 12.5 Å². The van der Waals surface area contributed by atoms with Crippen LogP contribution in [0.1, 0.15) is 6.42 Å². The highest BCUT2D eigenvalue weighted by molar-refractivity contribution is 5.76. The van der Waals surface area contributed by atoms with Crippen molar-refractivity contribution < 1.29 is 4.79 Å². The highest BCUT2D eigenvalue weighted by Crippen LogP contribution is 1.89. The molecule has 0 aliphatic heterocycles. The molecule has 0 radical (unpaired) electrons. The van der Waals surface area contributed by atoms with Crippen molar-refractivity contribution in [3.05, 3.63) is 0 Å². The van der Waals surface area contributed by atoms with E-state index in [2.05, 4.69) is 16.7 Å². The second-order valence-corrected chi connectivity index (χ2v) is 3.32. The molecule has 0 bridgehead atoms. The summed E-state index contributed by atoms with van der Waals surface area (Å²) < 4.78 is 0. The number of nitrogens with zero attached hydrogens (tertiary/aromatic N) is 2. The minimum Gasteiger partial charge on any atom is -0.359 e. The van der Waals surface area contributed by atoms with Crippen LogP contribution in [0.3, 0.4) is 0 Å². The molecule has 0 spiro atoms. The molecule has 1 amide bonds. The van der Waals surface area contributed by atoms with Gasteiger partial charge in [0.15, 0.2) is 0 Å². The van der Waals surface area contributed by atoms with Crippen LogP contribution in [0.15, 0.2) is 0 Å². The lowest BCUT2D eigenvalue weighted by atomic mass is 10.2. The van der Waals surface area contributed by atoms with E-state index in [0.717, 1.165) is 6.54 Å². The van der Waals surface area contributed by atoms with E-state index in [1.807, 2.05) is 19.0 Å². The number of likely N-dealkylation sites (N-methyl/N-ethyl adjacent to an activating group) is 1. The third kappa shape index (κ3) is 6.40. The van der Waals surface area contributed by atoms with Gasteiger partial charge in [-0.1, -0.05) is 0 Å². The maximum Gasteiger partial charge on any atom is 0.222 e. The molecule has 0 saturated heterocycles. The van der Waals surface area contributed by atoms with E-state index in [1.54, 1.807) is 7.05 Å². The summed E-state index contributed by atoms with van der Waals surface area (Å²) in [6.45, 7) is 1.56. The Hall–Kier alpha value is -1.12. The van der Waals surface area contributed by atoms with Crippen molar-refractivity contribution in [1.29, 1.82) is 5.26 Å². The second kappa shape index (κ2) is 7.30. The summed E-state index contributed by atoms with van der Waals surface area (Å²) in [7, 11) is 5.49. The van der Waals surface area contributed by atoms with Gasteiger partial charge in [-0.05, 0) is 14.1 Å². The Kier molecular flexibility index (Phi) is 6.72. The minimum absolute atomic E-state index is 0.117. The average Bonchev–Trinajstić information content (AvgIpc) is 2.15. The van der Waals surface area contributed by atoms with Crippen LogP contribution in [-0.2, 0) is 4.79 Å². The minimum atomic E-state index is -0.394. The van der Waals surface area contributed by atoms with Gasteiger partial charge in [-0.3, -0.25) is 4.79 Å². The van der Waals surface area contributed by atoms with Crippen molar-refractivity contribution in [1.82, 2.24) is 15.5 Å². The third-order valence-electron chi connectivity index (χ3n) is 1.77. The number of nitrogens with one attached hydrogen (secondary N) is 2. The zero-order valence-electron chi connectivity index (χ0n) is 9.00. The Bertz CT molecular complexity index is 209. The van der Waals surface area contributed by atoms with E-state index in [1.165, 1.54) is 0 Å². The van der Waals surface area contributed by atoms with Crippen LogP contribution in [0, 0.1) is 11.3 Å². The number of amides is 1. The van der Waals surface area contributed by atoms with Gasteiger partial charge in [-0.25, -0.2) is 0 Å². The quantitative estimate of drug-likeness (QED) is 0.584. The largest absolute Gasteiger partial charge is 0.359 e. The van der Waals surface area contributed by atoms with Crippen LogP contribution < -0.4 is 10.6 Å². The average molecular weight is 198 g/mol. The molecule has 0 fully saturated rings. The van der Waals surface area contributed by atoms with Crippen LogP contribution >= 0.6 is 0 Å². The van der Waals surface area contributed by atoms with E-state index >= 15 is 0 Å². The second-order valence-electron chi connectivity index (χ2n) is 3.32. The SMILES string of the molecule is CNC(=O)CC(C#N)NCCN(C)C. The molecule has 0 aromatic carbocycles. The number of nitriles is 1. The third-order valence-corrected chi connectivity index (χ3v) is 1.77. The summed E-state index contributed by atoms with van der Waals surface area (Å²) in [6, 6.07) is 1.66. The van der Waals surface area contributed by atoms with E-state index in [0.29, 0.717) is 6.54 Å². The Morgan fingerprint density at radius 1 is 1.57 bits per heavy atom. The number of rotatable bonds is 6. The lowest BCUT2D eigenvalue weighted by Crippen LogP contribution is -2.37. The fraction of sp³-hybridized carbons (Fsp3) is 0.778. The number of hydrogen-bond acceptors (Lipinski definition) is 4. The molecule has 0 rings (SSSR count). The molecule has 0 aromatic heterocycles. The Morgan fingerprint density at radius 2 is 2.21 bits per heavy atom. The van der Waals surface area contributed by atoms with Crippen LogP contribution in [0.4, 0.5) is 0 Å². The standard InChI is InChI=1S/C9H18N4O/c1-11-9(14)6-8(7-10)12-4-5-13(2)3/h8,12H,4-6H2,1-3H3,(H,11,14). The van der Waals surface area contributed by atoms with Crippen LogP contribution in [0.25, 0.3) is 0 Å². The fourth-order valence-corrected chi connectivity index (χ4v) is 0.913. The summed E-state index contributed by atoms with van der Waals surface area (Å²) in [4.78, 5) is 13.0. The topological polar surface area (TPSA) is 68.2 Å². The number of hydrogen-bond donors (Lipinski definition) is 2. The van der Waals surface area contributed by atoms with Gasteiger partial charge < -0.3 is 15.5 Å². The molecule has 14 heavy (non-hydrogen) atoms. The van der Waals surface area contributed by atoms with Crippen LogP contribution in [0.2, 0.25) is 0 Å². The Morgan fingerprint density at radius 3 is 2.64 bits per heavy atom. The van der Waals surface area contributed by atoms with Gasteiger partial charge in [0.2, 0.25) is 5.91 Å². The summed E-state index contributed by atoms with van der Waals surface area (Å²) in [6.07, 6.45) is 0.209. The molecule has 5 heteroatoms. The molecule has 0 aliphatic carbocycles. The first kappa shape index (κ1) is 12.9. The molecule has 1 unspecified atom stereocenters. The zero-order chi connectivity index (χ0) is 11.0. The van der Waals surface area contributed by atoms with E-state index in [-0.39, 0.29) is 12.3 Å². The van der Waals surface area contributed by atoms with Crippen LogP contribution in [-0.4, -0.2) is 51.1 Å². The maximum absolute atomic E-state index is 11.0. The zero-order valence-corrected chi connectivity index (χ0v) is 9.00. The molecule has 0 aromatic rings. The lowest BCUT2D eigenvalue weighted by molar-refractivity contribution is -0.120. The predicted molar refractivity (Wildman–Crippen MR) is 54.6 cm³/mol. The van der Waals surface area contributed by atoms with E-state index in [9.17, 15) is 4.79 Å². The summed E-state index contributed by atoms with van der Waals surface area (Å²) in [5, 5.41) is 14.2. The van der Waals surface area contributed by atoms with Gasteiger partial charge in [-0.2, -0.15) is 5.26 Å². The number of carbonyl (C=O) groups excluding carboxylic acids is 1. The maximum atomic E-state index is 11.0. The summed E-state index contributed by atoms with van der Waals surface area (Å²) in [5.74, 6) is -0.117. The fourth-order valence-electron chi connectivity index (χ4n) is 0.913. The Balaban J connectivity index is 3.70. The van der Waals surface area contributed by atoms with Crippen molar-refractivity contribution in [3.63, 3.8) is 0 Å². The highest BCUT2D eigenvalue weighted by Gasteiger charge is 2.10. The van der Waals surface area contributed by atoms with Gasteiger partial charge in [0, 0.05) is 20.1 Å². The van der Waals surface area contributed by atoms with Gasteiger partial charge in [0.1, 0.15) is 6.04 Å². The molecule has 1 atom stereocenters. The monoisotopic (exact) mass is 198 g/mol. The molecule has 2 N–H and O–H groups in total. The smallest absolute Gasteiger partial charge is 0.222 e. The first-order valence-corrected chi connectivity index (χ1v) is 4.58. The van der Waals surface area contributed by atoms with Gasteiger partial charge >= 0.3 is 0 Å². The molecule has 0 heterocycles. The van der Waals surface area contributed by atoms with Crippen LogP contribution in [0.5, 0.6) is 0 Å². The molecule has 0 saturated carbocycles. The molecule has 80 valence electrons. The normalized spacial score (nSPS) is 12.2. The summed E-state index contributed by atoms with van der Waals surface area (Å²) in [5.41, 5.74) is 0.